The minimum absolute atomic E-state index is 0.317. The van der Waals surface area contributed by atoms with Crippen molar-refractivity contribution in [2.24, 2.45) is 0 Å². The SMILES string of the molecule is CCOc1ccccc1OCCNC(C)(C)C(C)O. The normalized spacial score (nSPS) is 13.1. The zero-order chi connectivity index (χ0) is 14.3. The van der Waals surface area contributed by atoms with Crippen LogP contribution in [0.1, 0.15) is 27.7 Å². The molecule has 0 saturated carbocycles. The van der Waals surface area contributed by atoms with Gasteiger partial charge in [0.15, 0.2) is 11.5 Å². The van der Waals surface area contributed by atoms with Gasteiger partial charge in [0.25, 0.3) is 0 Å². The van der Waals surface area contributed by atoms with E-state index in [0.29, 0.717) is 19.8 Å². The quantitative estimate of drug-likeness (QED) is 0.709. The van der Waals surface area contributed by atoms with E-state index in [0.717, 1.165) is 11.5 Å². The lowest BCUT2D eigenvalue weighted by atomic mass is 9.99. The number of hydrogen-bond donors (Lipinski definition) is 2. The summed E-state index contributed by atoms with van der Waals surface area (Å²) in [6.45, 7) is 9.46. The summed E-state index contributed by atoms with van der Waals surface area (Å²) in [6.07, 6.45) is -0.414. The van der Waals surface area contributed by atoms with E-state index in [1.165, 1.54) is 0 Å². The van der Waals surface area contributed by atoms with Gasteiger partial charge in [-0.05, 0) is 39.8 Å². The predicted octanol–water partition coefficient (Wildman–Crippen LogP) is 2.21. The minimum Gasteiger partial charge on any atom is -0.490 e. The highest BCUT2D eigenvalue weighted by Crippen LogP contribution is 2.26. The van der Waals surface area contributed by atoms with Crippen LogP contribution in [0.5, 0.6) is 11.5 Å². The average Bonchev–Trinajstić information content (AvgIpc) is 2.36. The van der Waals surface area contributed by atoms with Crippen molar-refractivity contribution in [3.8, 4) is 11.5 Å². The molecule has 1 unspecified atom stereocenters. The van der Waals surface area contributed by atoms with Gasteiger partial charge < -0.3 is 19.9 Å². The first-order valence-electron chi connectivity index (χ1n) is 6.75. The van der Waals surface area contributed by atoms with Crippen molar-refractivity contribution in [2.45, 2.75) is 39.3 Å². The van der Waals surface area contributed by atoms with E-state index in [4.69, 9.17) is 9.47 Å². The largest absolute Gasteiger partial charge is 0.490 e. The Bertz CT molecular complexity index is 377. The summed E-state index contributed by atoms with van der Waals surface area (Å²) < 4.78 is 11.2. The fraction of sp³-hybridized carbons (Fsp3) is 0.600. The monoisotopic (exact) mass is 267 g/mol. The summed E-state index contributed by atoms with van der Waals surface area (Å²) in [5.74, 6) is 1.51. The van der Waals surface area contributed by atoms with Gasteiger partial charge in [0.05, 0.1) is 12.7 Å². The van der Waals surface area contributed by atoms with Crippen molar-refractivity contribution in [3.63, 3.8) is 0 Å². The molecule has 0 heterocycles. The lowest BCUT2D eigenvalue weighted by Crippen LogP contribution is -2.49. The van der Waals surface area contributed by atoms with E-state index >= 15 is 0 Å². The Balaban J connectivity index is 2.41. The summed E-state index contributed by atoms with van der Waals surface area (Å²) >= 11 is 0. The molecule has 0 saturated heterocycles. The Morgan fingerprint density at radius 3 is 2.32 bits per heavy atom. The molecule has 0 aliphatic carbocycles. The number of aliphatic hydroxyl groups is 1. The van der Waals surface area contributed by atoms with E-state index in [1.54, 1.807) is 6.92 Å². The van der Waals surface area contributed by atoms with Gasteiger partial charge in [0.2, 0.25) is 0 Å². The van der Waals surface area contributed by atoms with E-state index < -0.39 is 6.10 Å². The molecular weight excluding hydrogens is 242 g/mol. The molecule has 2 N–H and O–H groups in total. The van der Waals surface area contributed by atoms with Crippen LogP contribution in [0.2, 0.25) is 0 Å². The van der Waals surface area contributed by atoms with Crippen molar-refractivity contribution >= 4 is 0 Å². The Labute approximate surface area is 115 Å². The second-order valence-electron chi connectivity index (χ2n) is 5.05. The molecule has 0 bridgehead atoms. The topological polar surface area (TPSA) is 50.7 Å². The second-order valence-corrected chi connectivity index (χ2v) is 5.05. The van der Waals surface area contributed by atoms with Crippen LogP contribution in [0, 0.1) is 0 Å². The molecule has 4 nitrogen and oxygen atoms in total. The lowest BCUT2D eigenvalue weighted by molar-refractivity contribution is 0.0935. The summed E-state index contributed by atoms with van der Waals surface area (Å²) in [4.78, 5) is 0. The lowest BCUT2D eigenvalue weighted by Gasteiger charge is -2.29. The first-order chi connectivity index (χ1) is 8.97. The van der Waals surface area contributed by atoms with E-state index in [-0.39, 0.29) is 5.54 Å². The van der Waals surface area contributed by atoms with E-state index in [2.05, 4.69) is 5.32 Å². The van der Waals surface area contributed by atoms with Crippen LogP contribution >= 0.6 is 0 Å². The Kier molecular flexibility index (Phi) is 6.12. The van der Waals surface area contributed by atoms with Gasteiger partial charge in [-0.2, -0.15) is 0 Å². The molecule has 1 aromatic carbocycles. The number of para-hydroxylation sites is 2. The second kappa shape index (κ2) is 7.36. The van der Waals surface area contributed by atoms with Crippen molar-refractivity contribution < 1.29 is 14.6 Å². The Hall–Kier alpha value is -1.26. The van der Waals surface area contributed by atoms with Crippen LogP contribution in [0.4, 0.5) is 0 Å². The molecule has 0 spiro atoms. The van der Waals surface area contributed by atoms with Crippen LogP contribution < -0.4 is 14.8 Å². The fourth-order valence-electron chi connectivity index (χ4n) is 1.53. The highest BCUT2D eigenvalue weighted by molar-refractivity contribution is 5.39. The number of benzene rings is 1. The maximum absolute atomic E-state index is 9.59. The molecule has 0 aliphatic rings. The molecule has 0 fully saturated rings. The fourth-order valence-corrected chi connectivity index (χ4v) is 1.53. The molecule has 108 valence electrons. The van der Waals surface area contributed by atoms with Gasteiger partial charge >= 0.3 is 0 Å². The molecule has 1 atom stereocenters. The highest BCUT2D eigenvalue weighted by Gasteiger charge is 2.22. The number of ether oxygens (including phenoxy) is 2. The van der Waals surface area contributed by atoms with Crippen LogP contribution in [0.15, 0.2) is 24.3 Å². The van der Waals surface area contributed by atoms with Crippen molar-refractivity contribution in [3.05, 3.63) is 24.3 Å². The zero-order valence-electron chi connectivity index (χ0n) is 12.3. The van der Waals surface area contributed by atoms with Crippen LogP contribution in [-0.2, 0) is 0 Å². The van der Waals surface area contributed by atoms with E-state index in [1.807, 2.05) is 45.0 Å². The molecule has 1 aromatic rings. The predicted molar refractivity (Wildman–Crippen MR) is 76.9 cm³/mol. The van der Waals surface area contributed by atoms with Gasteiger partial charge in [0, 0.05) is 12.1 Å². The van der Waals surface area contributed by atoms with Crippen molar-refractivity contribution in [1.29, 1.82) is 0 Å². The van der Waals surface area contributed by atoms with Gasteiger partial charge in [-0.1, -0.05) is 12.1 Å². The third-order valence-electron chi connectivity index (χ3n) is 3.13. The molecule has 1 rings (SSSR count). The molecule has 19 heavy (non-hydrogen) atoms. The van der Waals surface area contributed by atoms with Crippen LogP contribution in [-0.4, -0.2) is 36.5 Å². The van der Waals surface area contributed by atoms with Crippen molar-refractivity contribution in [2.75, 3.05) is 19.8 Å². The minimum atomic E-state index is -0.414. The first kappa shape index (κ1) is 15.8. The Morgan fingerprint density at radius 2 is 1.79 bits per heavy atom. The Morgan fingerprint density at radius 1 is 1.21 bits per heavy atom. The zero-order valence-corrected chi connectivity index (χ0v) is 12.3. The molecular formula is C15H25NO3. The summed E-state index contributed by atoms with van der Waals surface area (Å²) in [5, 5.41) is 12.9. The van der Waals surface area contributed by atoms with Crippen LogP contribution in [0.25, 0.3) is 0 Å². The van der Waals surface area contributed by atoms with Gasteiger partial charge in [-0.25, -0.2) is 0 Å². The van der Waals surface area contributed by atoms with E-state index in [9.17, 15) is 5.11 Å². The molecule has 0 amide bonds. The summed E-state index contributed by atoms with van der Waals surface area (Å²) in [7, 11) is 0. The number of hydrogen-bond acceptors (Lipinski definition) is 4. The average molecular weight is 267 g/mol. The van der Waals surface area contributed by atoms with Crippen molar-refractivity contribution in [1.82, 2.24) is 5.32 Å². The first-order valence-corrected chi connectivity index (χ1v) is 6.75. The molecule has 0 aromatic heterocycles. The summed E-state index contributed by atoms with van der Waals surface area (Å²) in [5.41, 5.74) is -0.317. The maximum Gasteiger partial charge on any atom is 0.161 e. The third-order valence-corrected chi connectivity index (χ3v) is 3.13. The highest BCUT2D eigenvalue weighted by atomic mass is 16.5. The van der Waals surface area contributed by atoms with Gasteiger partial charge in [-0.3, -0.25) is 0 Å². The third kappa shape index (κ3) is 5.09. The smallest absolute Gasteiger partial charge is 0.161 e. The van der Waals surface area contributed by atoms with Gasteiger partial charge in [0.1, 0.15) is 6.61 Å². The number of nitrogens with one attached hydrogen (secondary N) is 1. The molecule has 0 aliphatic heterocycles. The number of rotatable bonds is 8. The standard InChI is InChI=1S/C15H25NO3/c1-5-18-13-8-6-7-9-14(13)19-11-10-16-15(3,4)12(2)17/h6-9,12,16-17H,5,10-11H2,1-4H3. The molecule has 0 radical (unpaired) electrons. The maximum atomic E-state index is 9.59. The van der Waals surface area contributed by atoms with Crippen LogP contribution in [0.3, 0.4) is 0 Å². The number of aliphatic hydroxyl groups excluding tert-OH is 1. The molecule has 4 heteroatoms. The van der Waals surface area contributed by atoms with Gasteiger partial charge in [-0.15, -0.1) is 0 Å². The summed E-state index contributed by atoms with van der Waals surface area (Å²) in [6, 6.07) is 7.63.